The van der Waals surface area contributed by atoms with Crippen molar-refractivity contribution in [3.63, 3.8) is 0 Å². The zero-order valence-corrected chi connectivity index (χ0v) is 9.03. The van der Waals surface area contributed by atoms with E-state index < -0.39 is 0 Å². The van der Waals surface area contributed by atoms with E-state index in [9.17, 15) is 4.39 Å². The highest BCUT2D eigenvalue weighted by Crippen LogP contribution is 2.20. The number of rotatable bonds is 5. The molecule has 0 fully saturated rings. The number of nitrogens with two attached hydrogens (primary N) is 1. The number of benzene rings is 1. The standard InChI is InChI=1S/C11H17FN2O/c1-3-10(15-2)11(14-13)8-5-4-6-9(12)7-8/h4-7,10-11,14H,3,13H2,1-2H3. The third-order valence-corrected chi connectivity index (χ3v) is 2.46. The molecule has 0 heterocycles. The maximum absolute atomic E-state index is 13.0. The lowest BCUT2D eigenvalue weighted by Gasteiger charge is -2.24. The number of hydrogen-bond donors (Lipinski definition) is 2. The van der Waals surface area contributed by atoms with Crippen LogP contribution in [0.1, 0.15) is 24.9 Å². The number of hydrazine groups is 1. The summed E-state index contributed by atoms with van der Waals surface area (Å²) in [5.74, 6) is 5.19. The Labute approximate surface area is 89.4 Å². The lowest BCUT2D eigenvalue weighted by molar-refractivity contribution is 0.0650. The normalized spacial score (nSPS) is 14.9. The second kappa shape index (κ2) is 5.80. The Kier molecular flexibility index (Phi) is 4.68. The zero-order valence-electron chi connectivity index (χ0n) is 9.03. The first-order valence-corrected chi connectivity index (χ1v) is 4.97. The van der Waals surface area contributed by atoms with Crippen LogP contribution < -0.4 is 11.3 Å². The number of hydrogen-bond acceptors (Lipinski definition) is 3. The van der Waals surface area contributed by atoms with Gasteiger partial charge in [0.25, 0.3) is 0 Å². The van der Waals surface area contributed by atoms with Crippen molar-refractivity contribution in [2.75, 3.05) is 7.11 Å². The van der Waals surface area contributed by atoms with Crippen LogP contribution >= 0.6 is 0 Å². The molecule has 0 spiro atoms. The molecule has 2 unspecified atom stereocenters. The molecule has 1 aromatic carbocycles. The first-order valence-electron chi connectivity index (χ1n) is 4.97. The molecule has 15 heavy (non-hydrogen) atoms. The van der Waals surface area contributed by atoms with E-state index >= 15 is 0 Å². The van der Waals surface area contributed by atoms with Gasteiger partial charge in [0.05, 0.1) is 12.1 Å². The van der Waals surface area contributed by atoms with Gasteiger partial charge in [0.2, 0.25) is 0 Å². The molecule has 0 saturated heterocycles. The Morgan fingerprint density at radius 3 is 2.73 bits per heavy atom. The van der Waals surface area contributed by atoms with E-state index in [1.54, 1.807) is 13.2 Å². The average Bonchev–Trinajstić information content (AvgIpc) is 2.25. The molecular formula is C11H17FN2O. The summed E-state index contributed by atoms with van der Waals surface area (Å²) in [6.45, 7) is 2.00. The Bertz CT molecular complexity index is 302. The Morgan fingerprint density at radius 2 is 2.27 bits per heavy atom. The van der Waals surface area contributed by atoms with E-state index in [1.807, 2.05) is 13.0 Å². The summed E-state index contributed by atoms with van der Waals surface area (Å²) in [5, 5.41) is 0. The Hall–Kier alpha value is -0.970. The molecule has 0 amide bonds. The molecule has 0 radical (unpaired) electrons. The fraction of sp³-hybridized carbons (Fsp3) is 0.455. The molecular weight excluding hydrogens is 195 g/mol. The maximum atomic E-state index is 13.0. The van der Waals surface area contributed by atoms with E-state index in [0.717, 1.165) is 12.0 Å². The van der Waals surface area contributed by atoms with Gasteiger partial charge in [0.15, 0.2) is 0 Å². The minimum Gasteiger partial charge on any atom is -0.379 e. The number of halogens is 1. The van der Waals surface area contributed by atoms with Crippen LogP contribution in [0.4, 0.5) is 4.39 Å². The summed E-state index contributed by atoms with van der Waals surface area (Å²) in [5.41, 5.74) is 3.45. The van der Waals surface area contributed by atoms with Crippen LogP contribution in [0.15, 0.2) is 24.3 Å². The van der Waals surface area contributed by atoms with Crippen molar-refractivity contribution in [2.24, 2.45) is 5.84 Å². The van der Waals surface area contributed by atoms with Crippen LogP contribution in [0.3, 0.4) is 0 Å². The van der Waals surface area contributed by atoms with Gasteiger partial charge >= 0.3 is 0 Å². The Morgan fingerprint density at radius 1 is 1.53 bits per heavy atom. The predicted molar refractivity (Wildman–Crippen MR) is 57.6 cm³/mol. The third kappa shape index (κ3) is 2.99. The van der Waals surface area contributed by atoms with Gasteiger partial charge in [-0.1, -0.05) is 19.1 Å². The van der Waals surface area contributed by atoms with Crippen molar-refractivity contribution in [3.8, 4) is 0 Å². The summed E-state index contributed by atoms with van der Waals surface area (Å²) in [6.07, 6.45) is 0.749. The summed E-state index contributed by atoms with van der Waals surface area (Å²) in [7, 11) is 1.62. The van der Waals surface area contributed by atoms with Crippen molar-refractivity contribution in [3.05, 3.63) is 35.6 Å². The molecule has 0 bridgehead atoms. The minimum atomic E-state index is -0.265. The molecule has 0 aliphatic rings. The van der Waals surface area contributed by atoms with Crippen molar-refractivity contribution < 1.29 is 9.13 Å². The van der Waals surface area contributed by atoms with Crippen molar-refractivity contribution in [1.29, 1.82) is 0 Å². The van der Waals surface area contributed by atoms with Gasteiger partial charge in [0.1, 0.15) is 5.82 Å². The second-order valence-corrected chi connectivity index (χ2v) is 3.38. The summed E-state index contributed by atoms with van der Waals surface area (Å²) in [4.78, 5) is 0. The summed E-state index contributed by atoms with van der Waals surface area (Å²) in [6, 6.07) is 6.18. The van der Waals surface area contributed by atoms with E-state index in [4.69, 9.17) is 10.6 Å². The first kappa shape index (κ1) is 12.1. The fourth-order valence-corrected chi connectivity index (χ4v) is 1.66. The molecule has 0 aliphatic heterocycles. The largest absolute Gasteiger partial charge is 0.379 e. The molecule has 1 rings (SSSR count). The highest BCUT2D eigenvalue weighted by atomic mass is 19.1. The number of nitrogens with one attached hydrogen (secondary N) is 1. The van der Waals surface area contributed by atoms with Gasteiger partial charge in [-0.05, 0) is 24.1 Å². The monoisotopic (exact) mass is 212 g/mol. The van der Waals surface area contributed by atoms with Gasteiger partial charge in [0, 0.05) is 7.11 Å². The van der Waals surface area contributed by atoms with Crippen LogP contribution in [0.2, 0.25) is 0 Å². The summed E-state index contributed by atoms with van der Waals surface area (Å²) >= 11 is 0. The lowest BCUT2D eigenvalue weighted by atomic mass is 10.00. The van der Waals surface area contributed by atoms with Crippen molar-refractivity contribution in [2.45, 2.75) is 25.5 Å². The molecule has 3 nitrogen and oxygen atoms in total. The molecule has 3 N–H and O–H groups in total. The zero-order chi connectivity index (χ0) is 11.3. The highest BCUT2D eigenvalue weighted by Gasteiger charge is 2.20. The highest BCUT2D eigenvalue weighted by molar-refractivity contribution is 5.21. The molecule has 0 aromatic heterocycles. The van der Waals surface area contributed by atoms with Crippen LogP contribution in [0.5, 0.6) is 0 Å². The molecule has 0 saturated carbocycles. The van der Waals surface area contributed by atoms with Gasteiger partial charge in [-0.2, -0.15) is 0 Å². The van der Waals surface area contributed by atoms with E-state index in [1.165, 1.54) is 12.1 Å². The summed E-state index contributed by atoms with van der Waals surface area (Å²) < 4.78 is 18.3. The lowest BCUT2D eigenvalue weighted by Crippen LogP contribution is -2.37. The fourth-order valence-electron chi connectivity index (χ4n) is 1.66. The third-order valence-electron chi connectivity index (χ3n) is 2.46. The SMILES string of the molecule is CCC(OC)C(NN)c1cccc(F)c1. The maximum Gasteiger partial charge on any atom is 0.123 e. The van der Waals surface area contributed by atoms with Crippen LogP contribution in [-0.4, -0.2) is 13.2 Å². The van der Waals surface area contributed by atoms with Gasteiger partial charge in [-0.15, -0.1) is 0 Å². The molecule has 1 aromatic rings. The topological polar surface area (TPSA) is 47.3 Å². The van der Waals surface area contributed by atoms with E-state index in [2.05, 4.69) is 5.43 Å². The smallest absolute Gasteiger partial charge is 0.123 e. The van der Waals surface area contributed by atoms with Crippen molar-refractivity contribution in [1.82, 2.24) is 5.43 Å². The average molecular weight is 212 g/mol. The van der Waals surface area contributed by atoms with Crippen molar-refractivity contribution >= 4 is 0 Å². The van der Waals surface area contributed by atoms with Crippen LogP contribution in [0.25, 0.3) is 0 Å². The number of methoxy groups -OCH3 is 1. The molecule has 4 heteroatoms. The second-order valence-electron chi connectivity index (χ2n) is 3.38. The van der Waals surface area contributed by atoms with Gasteiger partial charge < -0.3 is 4.74 Å². The molecule has 2 atom stereocenters. The first-order chi connectivity index (χ1) is 7.22. The van der Waals surface area contributed by atoms with E-state index in [-0.39, 0.29) is 18.0 Å². The Balaban J connectivity index is 2.90. The van der Waals surface area contributed by atoms with Crippen LogP contribution in [0, 0.1) is 5.82 Å². The van der Waals surface area contributed by atoms with Gasteiger partial charge in [-0.3, -0.25) is 11.3 Å². The molecule has 84 valence electrons. The minimum absolute atomic E-state index is 0.0585. The van der Waals surface area contributed by atoms with E-state index in [0.29, 0.717) is 0 Å². The predicted octanol–water partition coefficient (Wildman–Crippen LogP) is 1.76. The number of ether oxygens (including phenoxy) is 1. The molecule has 0 aliphatic carbocycles. The van der Waals surface area contributed by atoms with Crippen LogP contribution in [-0.2, 0) is 4.74 Å². The quantitative estimate of drug-likeness (QED) is 0.577. The van der Waals surface area contributed by atoms with Gasteiger partial charge in [-0.25, -0.2) is 4.39 Å².